The monoisotopic (exact) mass is 364 g/mol. The van der Waals surface area contributed by atoms with Gasteiger partial charge in [-0.3, -0.25) is 9.69 Å². The number of benzene rings is 2. The number of nitrogens with zero attached hydrogens (tertiary/aromatic N) is 2. The summed E-state index contributed by atoms with van der Waals surface area (Å²) in [6, 6.07) is 20.1. The van der Waals surface area contributed by atoms with Gasteiger partial charge in [0.2, 0.25) is 5.91 Å². The minimum atomic E-state index is -0.482. The van der Waals surface area contributed by atoms with Crippen LogP contribution in [0.2, 0.25) is 0 Å². The van der Waals surface area contributed by atoms with Crippen molar-refractivity contribution in [2.75, 3.05) is 0 Å². The summed E-state index contributed by atoms with van der Waals surface area (Å²) in [5, 5.41) is 0. The normalized spacial score (nSPS) is 20.1. The Labute approximate surface area is 161 Å². The number of aryl methyl sites for hydroxylation is 1. The van der Waals surface area contributed by atoms with Gasteiger partial charge in [-0.1, -0.05) is 62.4 Å². The Hall–Kier alpha value is -2.62. The molecule has 0 unspecified atom stereocenters. The molecule has 1 atom stereocenters. The number of carbonyl (C=O) groups excluding carboxylic acids is 1. The van der Waals surface area contributed by atoms with Crippen molar-refractivity contribution in [2.45, 2.75) is 52.2 Å². The van der Waals surface area contributed by atoms with Crippen molar-refractivity contribution in [1.29, 1.82) is 0 Å². The third-order valence-corrected chi connectivity index (χ3v) is 4.90. The molecule has 0 aliphatic carbocycles. The van der Waals surface area contributed by atoms with Crippen molar-refractivity contribution >= 4 is 17.6 Å². The minimum Gasteiger partial charge on any atom is -0.456 e. The molecular weight excluding hydrogens is 336 g/mol. The van der Waals surface area contributed by atoms with Crippen molar-refractivity contribution in [3.63, 3.8) is 0 Å². The van der Waals surface area contributed by atoms with Gasteiger partial charge in [0.15, 0.2) is 0 Å². The standard InChI is InChI=1S/C23H28N2O2/c1-17(2)21-23(3,4)27-22(24-19-13-9-6-10-14-19)25(21)20(26)16-15-18-11-7-5-8-12-18/h5-14,17,21H,15-16H2,1-4H3/t21-/m0/s1. The van der Waals surface area contributed by atoms with Gasteiger partial charge in [0, 0.05) is 6.42 Å². The Morgan fingerprint density at radius 3 is 2.26 bits per heavy atom. The van der Waals surface area contributed by atoms with Crippen LogP contribution in [-0.4, -0.2) is 28.5 Å². The molecule has 1 aliphatic rings. The topological polar surface area (TPSA) is 41.9 Å². The fraction of sp³-hybridized carbons (Fsp3) is 0.391. The first-order valence-electron chi connectivity index (χ1n) is 9.57. The fourth-order valence-corrected chi connectivity index (χ4v) is 3.84. The van der Waals surface area contributed by atoms with Gasteiger partial charge in [-0.15, -0.1) is 0 Å². The van der Waals surface area contributed by atoms with E-state index in [1.54, 1.807) is 4.90 Å². The van der Waals surface area contributed by atoms with Gasteiger partial charge < -0.3 is 4.74 Å². The van der Waals surface area contributed by atoms with E-state index >= 15 is 0 Å². The summed E-state index contributed by atoms with van der Waals surface area (Å²) in [5.74, 6) is 0.307. The second kappa shape index (κ2) is 7.95. The zero-order valence-electron chi connectivity index (χ0n) is 16.6. The van der Waals surface area contributed by atoms with Gasteiger partial charge in [0.1, 0.15) is 5.60 Å². The van der Waals surface area contributed by atoms with Crippen LogP contribution < -0.4 is 0 Å². The van der Waals surface area contributed by atoms with Crippen molar-refractivity contribution in [2.24, 2.45) is 10.9 Å². The summed E-state index contributed by atoms with van der Waals surface area (Å²) in [6.45, 7) is 8.31. The summed E-state index contributed by atoms with van der Waals surface area (Å²) in [6.07, 6.45) is 1.14. The Bertz CT molecular complexity index is 798. The highest BCUT2D eigenvalue weighted by Crippen LogP contribution is 2.35. The lowest BCUT2D eigenvalue weighted by molar-refractivity contribution is -0.129. The number of hydrogen-bond acceptors (Lipinski definition) is 3. The second-order valence-corrected chi connectivity index (χ2v) is 7.87. The van der Waals surface area contributed by atoms with Crippen LogP contribution in [0, 0.1) is 5.92 Å². The van der Waals surface area contributed by atoms with Gasteiger partial charge in [0.05, 0.1) is 11.7 Å². The van der Waals surface area contributed by atoms with E-state index in [0.29, 0.717) is 18.9 Å². The van der Waals surface area contributed by atoms with Crippen LogP contribution in [0.5, 0.6) is 0 Å². The molecule has 1 amide bonds. The number of aliphatic imine (C=N–C) groups is 1. The summed E-state index contributed by atoms with van der Waals surface area (Å²) < 4.78 is 6.17. The van der Waals surface area contributed by atoms with Crippen LogP contribution in [-0.2, 0) is 16.0 Å². The molecule has 2 aromatic rings. The number of rotatable bonds is 5. The molecule has 2 aromatic carbocycles. The summed E-state index contributed by atoms with van der Waals surface area (Å²) in [5.41, 5.74) is 1.46. The third-order valence-electron chi connectivity index (χ3n) is 4.90. The van der Waals surface area contributed by atoms with E-state index in [1.807, 2.05) is 62.4 Å². The van der Waals surface area contributed by atoms with Crippen LogP contribution in [0.25, 0.3) is 0 Å². The summed E-state index contributed by atoms with van der Waals surface area (Å²) >= 11 is 0. The number of para-hydroxylation sites is 1. The van der Waals surface area contributed by atoms with E-state index in [1.165, 1.54) is 0 Å². The van der Waals surface area contributed by atoms with Gasteiger partial charge in [-0.2, -0.15) is 4.99 Å². The highest BCUT2D eigenvalue weighted by molar-refractivity contribution is 5.97. The van der Waals surface area contributed by atoms with E-state index < -0.39 is 5.60 Å². The maximum atomic E-state index is 13.2. The minimum absolute atomic E-state index is 0.0526. The molecule has 4 nitrogen and oxygen atoms in total. The van der Waals surface area contributed by atoms with Crippen LogP contribution >= 0.6 is 0 Å². The van der Waals surface area contributed by atoms with E-state index in [9.17, 15) is 4.79 Å². The number of ether oxygens (including phenoxy) is 1. The first kappa shape index (κ1) is 19.2. The second-order valence-electron chi connectivity index (χ2n) is 7.87. The molecule has 142 valence electrons. The molecule has 1 heterocycles. The van der Waals surface area contributed by atoms with Crippen molar-refractivity contribution in [3.05, 3.63) is 66.2 Å². The van der Waals surface area contributed by atoms with E-state index in [0.717, 1.165) is 11.3 Å². The Morgan fingerprint density at radius 1 is 1.07 bits per heavy atom. The molecule has 0 N–H and O–H groups in total. The van der Waals surface area contributed by atoms with Gasteiger partial charge in [-0.05, 0) is 43.9 Å². The number of carbonyl (C=O) groups is 1. The van der Waals surface area contributed by atoms with Gasteiger partial charge >= 0.3 is 0 Å². The number of amidine groups is 1. The average Bonchev–Trinajstić information content (AvgIpc) is 2.91. The van der Waals surface area contributed by atoms with Crippen LogP contribution in [0.4, 0.5) is 5.69 Å². The molecule has 27 heavy (non-hydrogen) atoms. The largest absolute Gasteiger partial charge is 0.456 e. The molecule has 0 radical (unpaired) electrons. The molecule has 0 bridgehead atoms. The highest BCUT2D eigenvalue weighted by atomic mass is 16.5. The Kier molecular flexibility index (Phi) is 5.64. The van der Waals surface area contributed by atoms with Crippen LogP contribution in [0.3, 0.4) is 0 Å². The van der Waals surface area contributed by atoms with Gasteiger partial charge in [0.25, 0.3) is 6.02 Å². The van der Waals surface area contributed by atoms with E-state index in [2.05, 4.69) is 31.0 Å². The molecule has 1 saturated heterocycles. The van der Waals surface area contributed by atoms with E-state index in [-0.39, 0.29) is 17.9 Å². The Balaban J connectivity index is 1.88. The molecule has 3 rings (SSSR count). The molecule has 0 saturated carbocycles. The van der Waals surface area contributed by atoms with Crippen LogP contribution in [0.15, 0.2) is 65.7 Å². The quantitative estimate of drug-likeness (QED) is 0.752. The zero-order chi connectivity index (χ0) is 19.4. The zero-order valence-corrected chi connectivity index (χ0v) is 16.6. The lowest BCUT2D eigenvalue weighted by atomic mass is 9.88. The van der Waals surface area contributed by atoms with E-state index in [4.69, 9.17) is 4.74 Å². The van der Waals surface area contributed by atoms with Gasteiger partial charge in [-0.25, -0.2) is 0 Å². The molecule has 4 heteroatoms. The Morgan fingerprint density at radius 2 is 1.67 bits per heavy atom. The van der Waals surface area contributed by atoms with Crippen LogP contribution in [0.1, 0.15) is 39.7 Å². The first-order chi connectivity index (χ1) is 12.9. The first-order valence-corrected chi connectivity index (χ1v) is 9.57. The maximum absolute atomic E-state index is 13.2. The fourth-order valence-electron chi connectivity index (χ4n) is 3.84. The SMILES string of the molecule is CC(C)[C@@H]1N(C(=O)CCc2ccccc2)C(=Nc2ccccc2)OC1(C)C. The van der Waals surface area contributed by atoms with Crippen molar-refractivity contribution in [1.82, 2.24) is 4.90 Å². The lowest BCUT2D eigenvalue weighted by Gasteiger charge is -2.31. The van der Waals surface area contributed by atoms with Crippen molar-refractivity contribution < 1.29 is 9.53 Å². The summed E-state index contributed by atoms with van der Waals surface area (Å²) in [4.78, 5) is 19.6. The molecule has 1 fully saturated rings. The highest BCUT2D eigenvalue weighted by Gasteiger charge is 2.50. The third kappa shape index (κ3) is 4.38. The predicted octanol–water partition coefficient (Wildman–Crippen LogP) is 4.97. The average molecular weight is 364 g/mol. The predicted molar refractivity (Wildman–Crippen MR) is 109 cm³/mol. The molecular formula is C23H28N2O2. The molecule has 0 spiro atoms. The molecule has 0 aromatic heterocycles. The van der Waals surface area contributed by atoms with Crippen molar-refractivity contribution in [3.8, 4) is 0 Å². The number of amides is 1. The number of hydrogen-bond donors (Lipinski definition) is 0. The molecule has 1 aliphatic heterocycles. The summed E-state index contributed by atoms with van der Waals surface area (Å²) in [7, 11) is 0. The lowest BCUT2D eigenvalue weighted by Crippen LogP contribution is -2.48. The maximum Gasteiger partial charge on any atom is 0.300 e. The smallest absolute Gasteiger partial charge is 0.300 e.